The summed E-state index contributed by atoms with van der Waals surface area (Å²) in [7, 11) is 0. The summed E-state index contributed by atoms with van der Waals surface area (Å²) >= 11 is 0. The Labute approximate surface area is 152 Å². The quantitative estimate of drug-likeness (QED) is 0.732. The molecule has 7 heteroatoms. The number of nitrogens with zero attached hydrogens (tertiary/aromatic N) is 2. The highest BCUT2D eigenvalue weighted by molar-refractivity contribution is 5.86. The molecule has 0 bridgehead atoms. The van der Waals surface area contributed by atoms with E-state index >= 15 is 0 Å². The molecule has 0 spiro atoms. The van der Waals surface area contributed by atoms with E-state index in [4.69, 9.17) is 19.4 Å². The summed E-state index contributed by atoms with van der Waals surface area (Å²) < 4.78 is 17.2. The molecule has 2 aromatic heterocycles. The number of ether oxygens (including phenoxy) is 1. The standard InChI is InChI=1S/C18H21N3O3.ClH/c1-11(2)22-10-13-12-6-3-4-7-14(12)23-15(13)16-20-17(21-24-16)18(19)8-5-9-18;/h3-4,6-7,11H,5,8-10,19H2,1-2H3;1H. The van der Waals surface area contributed by atoms with Crippen molar-refractivity contribution < 1.29 is 13.7 Å². The van der Waals surface area contributed by atoms with Crippen molar-refractivity contribution in [2.45, 2.75) is 51.4 Å². The summed E-state index contributed by atoms with van der Waals surface area (Å²) in [6.07, 6.45) is 2.98. The third-order valence-electron chi connectivity index (χ3n) is 4.57. The van der Waals surface area contributed by atoms with Crippen LogP contribution in [0.2, 0.25) is 0 Å². The van der Waals surface area contributed by atoms with E-state index in [1.807, 2.05) is 38.1 Å². The Morgan fingerprint density at radius 2 is 2.04 bits per heavy atom. The van der Waals surface area contributed by atoms with Crippen molar-refractivity contribution in [1.82, 2.24) is 10.1 Å². The van der Waals surface area contributed by atoms with Crippen LogP contribution in [0.25, 0.3) is 22.6 Å². The molecule has 0 radical (unpaired) electrons. The molecule has 0 amide bonds. The minimum Gasteiger partial charge on any atom is -0.450 e. The summed E-state index contributed by atoms with van der Waals surface area (Å²) in [6, 6.07) is 7.84. The SMILES string of the molecule is CC(C)OCc1c(-c2nc(C3(N)CCC3)no2)oc2ccccc12.Cl. The minimum atomic E-state index is -0.456. The van der Waals surface area contributed by atoms with Crippen molar-refractivity contribution in [3.05, 3.63) is 35.7 Å². The zero-order valence-electron chi connectivity index (χ0n) is 14.3. The van der Waals surface area contributed by atoms with Gasteiger partial charge in [-0.2, -0.15) is 4.98 Å². The Morgan fingerprint density at radius 1 is 1.28 bits per heavy atom. The first-order valence-electron chi connectivity index (χ1n) is 8.32. The molecule has 2 heterocycles. The van der Waals surface area contributed by atoms with Crippen LogP contribution in [0, 0.1) is 0 Å². The lowest BCUT2D eigenvalue weighted by Gasteiger charge is -2.34. The summed E-state index contributed by atoms with van der Waals surface area (Å²) in [5.74, 6) is 1.48. The van der Waals surface area contributed by atoms with E-state index in [2.05, 4.69) is 10.1 Å². The lowest BCUT2D eigenvalue weighted by molar-refractivity contribution is 0.0662. The first-order valence-corrected chi connectivity index (χ1v) is 8.32. The zero-order chi connectivity index (χ0) is 16.7. The van der Waals surface area contributed by atoms with Crippen LogP contribution in [0.1, 0.15) is 44.5 Å². The molecule has 3 aromatic rings. The summed E-state index contributed by atoms with van der Waals surface area (Å²) in [4.78, 5) is 4.51. The molecule has 1 fully saturated rings. The number of halogens is 1. The van der Waals surface area contributed by atoms with Crippen molar-refractivity contribution in [3.8, 4) is 11.7 Å². The molecule has 25 heavy (non-hydrogen) atoms. The van der Waals surface area contributed by atoms with E-state index < -0.39 is 5.54 Å². The smallest absolute Gasteiger partial charge is 0.294 e. The Hall–Kier alpha value is -1.89. The molecular weight excluding hydrogens is 342 g/mol. The van der Waals surface area contributed by atoms with E-state index in [9.17, 15) is 0 Å². The monoisotopic (exact) mass is 363 g/mol. The number of fused-ring (bicyclic) bond motifs is 1. The number of para-hydroxylation sites is 1. The average Bonchev–Trinajstić information content (AvgIpc) is 3.15. The lowest BCUT2D eigenvalue weighted by atomic mass is 9.77. The van der Waals surface area contributed by atoms with Crippen LogP contribution in [0.3, 0.4) is 0 Å². The molecule has 4 rings (SSSR count). The lowest BCUT2D eigenvalue weighted by Crippen LogP contribution is -2.44. The van der Waals surface area contributed by atoms with Crippen molar-refractivity contribution >= 4 is 23.4 Å². The third-order valence-corrected chi connectivity index (χ3v) is 4.57. The highest BCUT2D eigenvalue weighted by Crippen LogP contribution is 2.39. The average molecular weight is 364 g/mol. The van der Waals surface area contributed by atoms with E-state index in [-0.39, 0.29) is 18.5 Å². The van der Waals surface area contributed by atoms with Crippen LogP contribution in [-0.2, 0) is 16.9 Å². The molecule has 1 aliphatic rings. The molecule has 1 aromatic carbocycles. The second-order valence-electron chi connectivity index (χ2n) is 6.70. The van der Waals surface area contributed by atoms with Gasteiger partial charge in [-0.25, -0.2) is 0 Å². The van der Waals surface area contributed by atoms with Gasteiger partial charge in [0.15, 0.2) is 11.6 Å². The van der Waals surface area contributed by atoms with E-state index in [1.165, 1.54) is 0 Å². The number of furan rings is 1. The predicted octanol–water partition coefficient (Wildman–Crippen LogP) is 4.17. The van der Waals surface area contributed by atoms with Crippen molar-refractivity contribution in [3.63, 3.8) is 0 Å². The van der Waals surface area contributed by atoms with Gasteiger partial charge in [-0.15, -0.1) is 12.4 Å². The fourth-order valence-electron chi connectivity index (χ4n) is 2.96. The van der Waals surface area contributed by atoms with Crippen molar-refractivity contribution in [2.24, 2.45) is 5.73 Å². The molecule has 0 unspecified atom stereocenters. The van der Waals surface area contributed by atoms with Crippen LogP contribution in [0.5, 0.6) is 0 Å². The Bertz CT molecular complexity index is 867. The molecule has 1 aliphatic carbocycles. The van der Waals surface area contributed by atoms with Crippen LogP contribution in [-0.4, -0.2) is 16.2 Å². The first kappa shape index (κ1) is 17.9. The van der Waals surface area contributed by atoms with Crippen LogP contribution >= 0.6 is 12.4 Å². The van der Waals surface area contributed by atoms with Gasteiger partial charge in [0.05, 0.1) is 18.2 Å². The molecule has 1 saturated carbocycles. The van der Waals surface area contributed by atoms with Gasteiger partial charge in [0.25, 0.3) is 5.89 Å². The minimum absolute atomic E-state index is 0. The first-order chi connectivity index (χ1) is 11.6. The molecule has 0 aliphatic heterocycles. The number of benzene rings is 1. The van der Waals surface area contributed by atoms with Gasteiger partial charge in [0.1, 0.15) is 5.58 Å². The van der Waals surface area contributed by atoms with Gasteiger partial charge in [-0.05, 0) is 39.2 Å². The fourth-order valence-corrected chi connectivity index (χ4v) is 2.96. The maximum absolute atomic E-state index is 6.29. The Kier molecular flexibility index (Phi) is 4.86. The zero-order valence-corrected chi connectivity index (χ0v) is 15.1. The summed E-state index contributed by atoms with van der Waals surface area (Å²) in [5.41, 5.74) is 7.53. The third kappa shape index (κ3) is 3.17. The molecule has 134 valence electrons. The molecule has 6 nitrogen and oxygen atoms in total. The molecular formula is C18H22ClN3O3. The highest BCUT2D eigenvalue weighted by atomic mass is 35.5. The van der Waals surface area contributed by atoms with E-state index in [0.717, 1.165) is 35.8 Å². The number of hydrogen-bond acceptors (Lipinski definition) is 6. The van der Waals surface area contributed by atoms with Gasteiger partial charge >= 0.3 is 0 Å². The van der Waals surface area contributed by atoms with E-state index in [1.54, 1.807) is 0 Å². The van der Waals surface area contributed by atoms with Crippen LogP contribution in [0.4, 0.5) is 0 Å². The summed E-state index contributed by atoms with van der Waals surface area (Å²) in [6.45, 7) is 4.43. The molecule has 0 atom stereocenters. The summed E-state index contributed by atoms with van der Waals surface area (Å²) in [5, 5.41) is 5.08. The highest BCUT2D eigenvalue weighted by Gasteiger charge is 2.39. The normalized spacial score (nSPS) is 16.0. The largest absolute Gasteiger partial charge is 0.450 e. The van der Waals surface area contributed by atoms with Gasteiger partial charge in [0.2, 0.25) is 0 Å². The maximum atomic E-state index is 6.29. The number of aromatic nitrogens is 2. The van der Waals surface area contributed by atoms with Gasteiger partial charge < -0.3 is 19.4 Å². The van der Waals surface area contributed by atoms with Gasteiger partial charge in [-0.1, -0.05) is 23.4 Å². The Balaban J connectivity index is 0.00000182. The number of hydrogen-bond donors (Lipinski definition) is 1. The van der Waals surface area contributed by atoms with Crippen molar-refractivity contribution in [2.75, 3.05) is 0 Å². The predicted molar refractivity (Wildman–Crippen MR) is 96.4 cm³/mol. The van der Waals surface area contributed by atoms with Crippen LogP contribution < -0.4 is 5.73 Å². The second-order valence-corrected chi connectivity index (χ2v) is 6.70. The van der Waals surface area contributed by atoms with E-state index in [0.29, 0.717) is 24.1 Å². The molecule has 2 N–H and O–H groups in total. The van der Waals surface area contributed by atoms with Gasteiger partial charge in [0, 0.05) is 10.9 Å². The Morgan fingerprint density at radius 3 is 2.72 bits per heavy atom. The maximum Gasteiger partial charge on any atom is 0.294 e. The number of rotatable bonds is 5. The molecule has 0 saturated heterocycles. The number of nitrogens with two attached hydrogens (primary N) is 1. The second kappa shape index (κ2) is 6.78. The fraction of sp³-hybridized carbons (Fsp3) is 0.444. The topological polar surface area (TPSA) is 87.3 Å². The van der Waals surface area contributed by atoms with Crippen LogP contribution in [0.15, 0.2) is 33.2 Å². The van der Waals surface area contributed by atoms with Gasteiger partial charge in [-0.3, -0.25) is 0 Å². The van der Waals surface area contributed by atoms with Crippen molar-refractivity contribution in [1.29, 1.82) is 0 Å².